The van der Waals surface area contributed by atoms with Gasteiger partial charge in [-0.3, -0.25) is 4.79 Å². The monoisotopic (exact) mass is 401 g/mol. The van der Waals surface area contributed by atoms with Gasteiger partial charge in [-0.25, -0.2) is 0 Å². The van der Waals surface area contributed by atoms with E-state index in [1.807, 2.05) is 31.2 Å². The number of amidine groups is 1. The van der Waals surface area contributed by atoms with Gasteiger partial charge in [-0.2, -0.15) is 8.42 Å². The van der Waals surface area contributed by atoms with E-state index in [4.69, 9.17) is 4.74 Å². The van der Waals surface area contributed by atoms with Crippen LogP contribution in [0, 0.1) is 6.92 Å². The molecule has 0 aliphatic carbocycles. The van der Waals surface area contributed by atoms with Crippen LogP contribution >= 0.6 is 0 Å². The number of likely N-dealkylation sites (N-methyl/N-ethyl adjacent to an activating group) is 2. The lowest BCUT2D eigenvalue weighted by Crippen LogP contribution is -2.40. The summed E-state index contributed by atoms with van der Waals surface area (Å²) in [6, 6.07) is 14.3. The summed E-state index contributed by atoms with van der Waals surface area (Å²) < 4.78 is 33.8. The van der Waals surface area contributed by atoms with E-state index in [9.17, 15) is 13.2 Å². The first kappa shape index (κ1) is 19.9. The summed E-state index contributed by atoms with van der Waals surface area (Å²) in [6.07, 6.45) is 0. The highest BCUT2D eigenvalue weighted by Crippen LogP contribution is 2.26. The van der Waals surface area contributed by atoms with Gasteiger partial charge in [-0.15, -0.1) is 4.40 Å². The van der Waals surface area contributed by atoms with E-state index >= 15 is 0 Å². The molecule has 148 valence electrons. The van der Waals surface area contributed by atoms with Gasteiger partial charge < -0.3 is 14.5 Å². The molecule has 0 saturated heterocycles. The molecule has 7 nitrogen and oxygen atoms in total. The number of rotatable bonds is 6. The maximum Gasteiger partial charge on any atom is 0.285 e. The maximum atomic E-state index is 12.5. The maximum absolute atomic E-state index is 12.5. The lowest BCUT2D eigenvalue weighted by atomic mass is 10.2. The molecule has 8 heteroatoms. The highest BCUT2D eigenvalue weighted by Gasteiger charge is 2.31. The third-order valence-corrected chi connectivity index (χ3v) is 5.81. The van der Waals surface area contributed by atoms with Crippen molar-refractivity contribution in [1.29, 1.82) is 0 Å². The average Bonchev–Trinajstić information content (AvgIpc) is 2.95. The molecule has 2 aromatic carbocycles. The van der Waals surface area contributed by atoms with Crippen molar-refractivity contribution in [2.75, 3.05) is 33.8 Å². The van der Waals surface area contributed by atoms with Crippen molar-refractivity contribution in [1.82, 2.24) is 9.80 Å². The molecule has 1 heterocycles. The van der Waals surface area contributed by atoms with E-state index in [1.165, 1.54) is 6.07 Å². The molecule has 0 spiro atoms. The zero-order valence-electron chi connectivity index (χ0n) is 16.1. The van der Waals surface area contributed by atoms with Crippen LogP contribution < -0.4 is 4.74 Å². The smallest absolute Gasteiger partial charge is 0.285 e. The summed E-state index contributed by atoms with van der Waals surface area (Å²) in [5.74, 6) is 0.887. The van der Waals surface area contributed by atoms with Gasteiger partial charge in [0.1, 0.15) is 17.3 Å². The molecule has 1 aliphatic heterocycles. The minimum atomic E-state index is -3.70. The van der Waals surface area contributed by atoms with Crippen LogP contribution in [0.25, 0.3) is 0 Å². The quantitative estimate of drug-likeness (QED) is 0.739. The second kappa shape index (κ2) is 8.02. The Morgan fingerprint density at radius 3 is 2.46 bits per heavy atom. The van der Waals surface area contributed by atoms with Gasteiger partial charge in [-0.05, 0) is 31.2 Å². The summed E-state index contributed by atoms with van der Waals surface area (Å²) in [5, 5.41) is 0. The first-order valence-corrected chi connectivity index (χ1v) is 10.3. The number of aryl methyl sites for hydroxylation is 1. The Bertz CT molecular complexity index is 1000. The SMILES string of the molecule is Cc1ccc(OCCN(C)C(=O)CN(C)C2=NS(=O)(=O)c3ccccc32)cc1. The van der Waals surface area contributed by atoms with Crippen molar-refractivity contribution in [3.63, 3.8) is 0 Å². The minimum absolute atomic E-state index is 0.0176. The fourth-order valence-corrected chi connectivity index (χ4v) is 4.07. The molecule has 0 unspecified atom stereocenters. The van der Waals surface area contributed by atoms with Crippen molar-refractivity contribution in [2.24, 2.45) is 4.40 Å². The number of hydrogen-bond acceptors (Lipinski definition) is 5. The van der Waals surface area contributed by atoms with Crippen LogP contribution in [-0.4, -0.2) is 63.8 Å². The molecule has 0 saturated carbocycles. The van der Waals surface area contributed by atoms with Crippen LogP contribution in [0.5, 0.6) is 5.75 Å². The Morgan fingerprint density at radius 2 is 1.75 bits per heavy atom. The van der Waals surface area contributed by atoms with Crippen LogP contribution in [0.3, 0.4) is 0 Å². The minimum Gasteiger partial charge on any atom is -0.492 e. The van der Waals surface area contributed by atoms with Crippen LogP contribution in [0.4, 0.5) is 0 Å². The third kappa shape index (κ3) is 4.33. The fourth-order valence-electron chi connectivity index (χ4n) is 2.82. The number of hydrogen-bond donors (Lipinski definition) is 0. The second-order valence-corrected chi connectivity index (χ2v) is 8.29. The number of benzene rings is 2. The van der Waals surface area contributed by atoms with Crippen LogP contribution in [0.2, 0.25) is 0 Å². The molecule has 0 bridgehead atoms. The largest absolute Gasteiger partial charge is 0.492 e. The molecule has 0 atom stereocenters. The molecule has 3 rings (SSSR count). The summed E-state index contributed by atoms with van der Waals surface area (Å²) >= 11 is 0. The van der Waals surface area contributed by atoms with Gasteiger partial charge >= 0.3 is 0 Å². The summed E-state index contributed by atoms with van der Waals surface area (Å²) in [4.78, 5) is 15.8. The Morgan fingerprint density at radius 1 is 1.07 bits per heavy atom. The van der Waals surface area contributed by atoms with Crippen molar-refractivity contribution in [2.45, 2.75) is 11.8 Å². The zero-order chi connectivity index (χ0) is 20.3. The molecule has 1 amide bonds. The predicted molar refractivity (Wildman–Crippen MR) is 107 cm³/mol. The number of amides is 1. The molecule has 2 aromatic rings. The van der Waals surface area contributed by atoms with E-state index in [-0.39, 0.29) is 23.2 Å². The van der Waals surface area contributed by atoms with Crippen molar-refractivity contribution in [3.05, 3.63) is 59.7 Å². The topological polar surface area (TPSA) is 79.3 Å². The number of fused-ring (bicyclic) bond motifs is 1. The third-order valence-electron chi connectivity index (χ3n) is 4.49. The predicted octanol–water partition coefficient (Wildman–Crippen LogP) is 1.91. The van der Waals surface area contributed by atoms with E-state index in [2.05, 4.69) is 4.40 Å². The number of sulfonamides is 1. The molecule has 1 aliphatic rings. The Labute approximate surface area is 165 Å². The van der Waals surface area contributed by atoms with Crippen LogP contribution in [0.15, 0.2) is 57.8 Å². The number of nitrogens with zero attached hydrogens (tertiary/aromatic N) is 3. The van der Waals surface area contributed by atoms with Gasteiger partial charge in [0.15, 0.2) is 5.84 Å². The molecular weight excluding hydrogens is 378 g/mol. The number of carbonyl (C=O) groups is 1. The molecule has 0 fully saturated rings. The first-order chi connectivity index (χ1) is 13.3. The molecule has 0 radical (unpaired) electrons. The number of carbonyl (C=O) groups excluding carboxylic acids is 1. The standard InChI is InChI=1S/C20H23N3O4S/c1-15-8-10-16(11-9-15)27-13-12-22(2)19(24)14-23(3)20-17-6-4-5-7-18(17)28(25,26)21-20/h4-11H,12-14H2,1-3H3. The lowest BCUT2D eigenvalue weighted by Gasteiger charge is -2.23. The molecular formula is C20H23N3O4S. The zero-order valence-corrected chi connectivity index (χ0v) is 16.9. The summed E-state index contributed by atoms with van der Waals surface area (Å²) in [5.41, 5.74) is 1.67. The Hall–Kier alpha value is -2.87. The van der Waals surface area contributed by atoms with E-state index in [1.54, 1.807) is 42.1 Å². The number of ether oxygens (including phenoxy) is 1. The average molecular weight is 401 g/mol. The summed E-state index contributed by atoms with van der Waals surface area (Å²) in [6.45, 7) is 2.81. The Kier molecular flexibility index (Phi) is 5.69. The van der Waals surface area contributed by atoms with Crippen LogP contribution in [0.1, 0.15) is 11.1 Å². The highest BCUT2D eigenvalue weighted by atomic mass is 32.2. The van der Waals surface area contributed by atoms with Crippen molar-refractivity contribution in [3.8, 4) is 5.75 Å². The lowest BCUT2D eigenvalue weighted by molar-refractivity contribution is -0.130. The van der Waals surface area contributed by atoms with Gasteiger partial charge in [-0.1, -0.05) is 29.8 Å². The normalized spacial score (nSPS) is 14.2. The molecule has 28 heavy (non-hydrogen) atoms. The van der Waals surface area contributed by atoms with Gasteiger partial charge in [0, 0.05) is 19.7 Å². The second-order valence-electron chi connectivity index (χ2n) is 6.72. The van der Waals surface area contributed by atoms with E-state index < -0.39 is 10.0 Å². The van der Waals surface area contributed by atoms with Gasteiger partial charge in [0.2, 0.25) is 5.91 Å². The first-order valence-electron chi connectivity index (χ1n) is 8.87. The van der Waals surface area contributed by atoms with E-state index in [0.717, 1.165) is 11.3 Å². The van der Waals surface area contributed by atoms with Gasteiger partial charge in [0.25, 0.3) is 10.0 Å². The molecule has 0 N–H and O–H groups in total. The van der Waals surface area contributed by atoms with Crippen LogP contribution in [-0.2, 0) is 14.8 Å². The van der Waals surface area contributed by atoms with Crippen molar-refractivity contribution < 1.29 is 17.9 Å². The highest BCUT2D eigenvalue weighted by molar-refractivity contribution is 7.90. The fraction of sp³-hybridized carbons (Fsp3) is 0.300. The Balaban J connectivity index is 1.56. The summed E-state index contributed by atoms with van der Waals surface area (Å²) in [7, 11) is -0.354. The van der Waals surface area contributed by atoms with Gasteiger partial charge in [0.05, 0.1) is 13.1 Å². The van der Waals surface area contributed by atoms with E-state index in [0.29, 0.717) is 18.7 Å². The molecule has 0 aromatic heterocycles. The van der Waals surface area contributed by atoms with Crippen molar-refractivity contribution >= 4 is 21.8 Å².